The van der Waals surface area contributed by atoms with Crippen LogP contribution in [0.5, 0.6) is 0 Å². The third-order valence-electron chi connectivity index (χ3n) is 12.5. The third-order valence-corrected chi connectivity index (χ3v) is 12.5. The molecule has 1 aliphatic rings. The minimum absolute atomic E-state index is 0.133. The van der Waals surface area contributed by atoms with Gasteiger partial charge in [0.15, 0.2) is 0 Å². The van der Waals surface area contributed by atoms with Gasteiger partial charge in [0.25, 0.3) is 0 Å². The lowest BCUT2D eigenvalue weighted by atomic mass is 9.95. The summed E-state index contributed by atoms with van der Waals surface area (Å²) >= 11 is 0. The first kappa shape index (κ1) is 45.1. The second-order valence-electron chi connectivity index (χ2n) is 18.2. The minimum atomic E-state index is -0.413. The summed E-state index contributed by atoms with van der Waals surface area (Å²) in [5.41, 5.74) is 16.2. The first-order chi connectivity index (χ1) is 32.5. The Hall–Kier alpha value is -8.12. The van der Waals surface area contributed by atoms with Crippen molar-refractivity contribution in [3.63, 3.8) is 0 Å². The predicted molar refractivity (Wildman–Crippen MR) is 267 cm³/mol. The van der Waals surface area contributed by atoms with Gasteiger partial charge in [-0.1, -0.05) is 117 Å². The first-order valence-corrected chi connectivity index (χ1v) is 22.7. The second kappa shape index (κ2) is 17.6. The van der Waals surface area contributed by atoms with E-state index >= 15 is 9.59 Å². The Morgan fingerprint density at radius 1 is 0.324 bits per heavy atom. The van der Waals surface area contributed by atoms with Gasteiger partial charge in [-0.3, -0.25) is 27.9 Å². The molecule has 6 aromatic carbocycles. The van der Waals surface area contributed by atoms with E-state index in [-0.39, 0.29) is 34.0 Å². The van der Waals surface area contributed by atoms with Crippen molar-refractivity contribution < 1.29 is 9.59 Å². The van der Waals surface area contributed by atoms with Gasteiger partial charge in [0.1, 0.15) is 22.8 Å². The fourth-order valence-corrected chi connectivity index (χ4v) is 10.4. The summed E-state index contributed by atoms with van der Waals surface area (Å²) in [5.74, 6) is -0.827. The summed E-state index contributed by atoms with van der Waals surface area (Å²) in [6.45, 7) is 24.3. The average molecular weight is 899 g/mol. The number of aromatic nitrogens is 4. The zero-order valence-electron chi connectivity index (χ0n) is 40.7. The number of fused-ring (bicyclic) bond motifs is 2. The van der Waals surface area contributed by atoms with Gasteiger partial charge in [0.05, 0.1) is 34.1 Å². The average Bonchev–Trinajstić information content (AvgIpc) is 3.76. The SMILES string of the molecule is Cc1cc(C)c(-n2c3c(n(-c4c(C)cc(C)cc4C)c2=NN=Nc2ccccc2)C(=O)c2c(n(-c4c(C)cc(C)cc4C)c(=NN=Nc4ccccc4)n2-c2c(C)cc(C)cc2C)C3=O)c(C)c1. The molecule has 0 saturated carbocycles. The monoisotopic (exact) mass is 898 g/mol. The van der Waals surface area contributed by atoms with Gasteiger partial charge >= 0.3 is 0 Å². The van der Waals surface area contributed by atoms with Crippen LogP contribution in [0.15, 0.2) is 140 Å². The molecule has 0 fully saturated rings. The summed E-state index contributed by atoms with van der Waals surface area (Å²) in [7, 11) is 0. The van der Waals surface area contributed by atoms with Crippen molar-refractivity contribution in [3.05, 3.63) is 210 Å². The molecule has 9 rings (SSSR count). The number of benzene rings is 6. The van der Waals surface area contributed by atoms with Gasteiger partial charge in [-0.2, -0.15) is 0 Å². The molecular weight excluding hydrogens is 845 g/mol. The van der Waals surface area contributed by atoms with Crippen molar-refractivity contribution in [2.24, 2.45) is 30.9 Å². The molecule has 68 heavy (non-hydrogen) atoms. The van der Waals surface area contributed by atoms with Crippen LogP contribution in [0.3, 0.4) is 0 Å². The molecule has 0 bridgehead atoms. The summed E-state index contributed by atoms with van der Waals surface area (Å²) in [6.07, 6.45) is 0. The van der Waals surface area contributed by atoms with Gasteiger partial charge in [0, 0.05) is 0 Å². The van der Waals surface area contributed by atoms with E-state index in [1.807, 2.05) is 162 Å². The smallest absolute Gasteiger partial charge is 0.242 e. The Morgan fingerprint density at radius 2 is 0.544 bits per heavy atom. The van der Waals surface area contributed by atoms with E-state index < -0.39 is 11.6 Å². The number of aryl methyl sites for hydroxylation is 12. The second-order valence-corrected chi connectivity index (χ2v) is 18.2. The molecular formula is C56H54N10O2. The van der Waals surface area contributed by atoms with E-state index in [1.165, 1.54) is 0 Å². The third kappa shape index (κ3) is 7.71. The molecule has 0 spiro atoms. The standard InChI is InChI=1S/C56H54N10O2/c1-31-23-35(5)45(36(6)24-31)63-49-50(64(46-37(7)25-32(2)26-38(46)8)55(63)59-61-57-43-19-15-13-16-20-43)54(68)52-51(53(49)67)65(47-39(9)27-33(3)28-40(47)10)56(60-62-58-44-21-17-14-18-22-44)66(52)48-41(11)29-34(4)30-42(48)12/h13-30H,1-12H3. The quantitative estimate of drug-likeness (QED) is 0.111. The number of hydrogen-bond acceptors (Lipinski definition) is 6. The highest BCUT2D eigenvalue weighted by Crippen LogP contribution is 2.37. The Morgan fingerprint density at radius 3 is 0.765 bits per heavy atom. The van der Waals surface area contributed by atoms with Crippen LogP contribution in [0.25, 0.3) is 22.7 Å². The summed E-state index contributed by atoms with van der Waals surface area (Å²) in [6, 6.07) is 35.3. The maximum absolute atomic E-state index is 16.6. The van der Waals surface area contributed by atoms with Crippen molar-refractivity contribution in [2.45, 2.75) is 83.1 Å². The fraction of sp³-hybridized carbons (Fsp3) is 0.214. The Kier molecular flexibility index (Phi) is 11.7. The molecule has 0 atom stereocenters. The fourth-order valence-electron chi connectivity index (χ4n) is 10.4. The van der Waals surface area contributed by atoms with E-state index in [1.54, 1.807) is 0 Å². The van der Waals surface area contributed by atoms with Crippen molar-refractivity contribution in [3.8, 4) is 22.7 Å². The van der Waals surface area contributed by atoms with E-state index in [0.717, 1.165) is 66.8 Å². The van der Waals surface area contributed by atoms with Gasteiger partial charge in [-0.05, 0) is 162 Å². The van der Waals surface area contributed by atoms with Crippen molar-refractivity contribution in [1.29, 1.82) is 0 Å². The summed E-state index contributed by atoms with van der Waals surface area (Å²) in [5, 5.41) is 27.8. The molecule has 2 aromatic heterocycles. The highest BCUT2D eigenvalue weighted by molar-refractivity contribution is 6.27. The molecule has 8 aromatic rings. The highest BCUT2D eigenvalue weighted by Gasteiger charge is 2.45. The van der Waals surface area contributed by atoms with E-state index in [2.05, 4.69) is 69.2 Å². The molecule has 0 amide bonds. The molecule has 1 aliphatic carbocycles. The highest BCUT2D eigenvalue weighted by atomic mass is 16.1. The number of rotatable bonds is 8. The normalized spacial score (nSPS) is 12.4. The predicted octanol–water partition coefficient (Wildman–Crippen LogP) is 12.5. The number of carbonyl (C=O) groups is 2. The zero-order valence-corrected chi connectivity index (χ0v) is 40.7. The largest absolute Gasteiger partial charge is 0.285 e. The van der Waals surface area contributed by atoms with Crippen LogP contribution in [0, 0.1) is 83.1 Å². The zero-order chi connectivity index (χ0) is 48.3. The summed E-state index contributed by atoms with van der Waals surface area (Å²) in [4.78, 5) is 33.3. The lowest BCUT2D eigenvalue weighted by molar-refractivity contribution is 0.0963. The molecule has 340 valence electrons. The summed E-state index contributed by atoms with van der Waals surface area (Å²) < 4.78 is 7.26. The molecule has 0 unspecified atom stereocenters. The van der Waals surface area contributed by atoms with Crippen molar-refractivity contribution in [1.82, 2.24) is 18.3 Å². The Labute approximate surface area is 396 Å². The van der Waals surface area contributed by atoms with Crippen molar-refractivity contribution in [2.75, 3.05) is 0 Å². The van der Waals surface area contributed by atoms with Crippen LogP contribution >= 0.6 is 0 Å². The molecule has 0 aliphatic heterocycles. The van der Waals surface area contributed by atoms with Crippen LogP contribution in [-0.4, -0.2) is 29.8 Å². The molecule has 2 heterocycles. The number of ketones is 2. The van der Waals surface area contributed by atoms with Gasteiger partial charge < -0.3 is 0 Å². The van der Waals surface area contributed by atoms with Crippen LogP contribution < -0.4 is 11.2 Å². The Balaban J connectivity index is 1.53. The van der Waals surface area contributed by atoms with Crippen molar-refractivity contribution >= 4 is 22.9 Å². The number of carbonyl (C=O) groups excluding carboxylic acids is 2. The number of nitrogens with zero attached hydrogens (tertiary/aromatic N) is 10. The van der Waals surface area contributed by atoms with Crippen LogP contribution in [-0.2, 0) is 0 Å². The Bertz CT molecular complexity index is 3110. The van der Waals surface area contributed by atoms with Gasteiger partial charge in [-0.15, -0.1) is 10.2 Å². The van der Waals surface area contributed by atoms with Crippen LogP contribution in [0.1, 0.15) is 99.1 Å². The molecule has 0 radical (unpaired) electrons. The number of hydrogen-bond donors (Lipinski definition) is 0. The lowest BCUT2D eigenvalue weighted by Gasteiger charge is -2.21. The lowest BCUT2D eigenvalue weighted by Crippen LogP contribution is -2.29. The number of imidazole rings is 2. The minimum Gasteiger partial charge on any atom is -0.285 e. The van der Waals surface area contributed by atoms with E-state index in [9.17, 15) is 0 Å². The maximum Gasteiger partial charge on any atom is 0.242 e. The topological polar surface area (TPSA) is 128 Å². The van der Waals surface area contributed by atoms with Gasteiger partial charge in [0.2, 0.25) is 22.8 Å². The van der Waals surface area contributed by atoms with E-state index in [0.29, 0.717) is 34.1 Å². The first-order valence-electron chi connectivity index (χ1n) is 22.7. The molecule has 0 saturated heterocycles. The molecule has 12 heteroatoms. The molecule has 0 N–H and O–H groups in total. The van der Waals surface area contributed by atoms with Crippen LogP contribution in [0.2, 0.25) is 0 Å². The van der Waals surface area contributed by atoms with Gasteiger partial charge in [-0.25, -0.2) is 0 Å². The molecule has 12 nitrogen and oxygen atoms in total. The van der Waals surface area contributed by atoms with Crippen LogP contribution in [0.4, 0.5) is 11.4 Å². The maximum atomic E-state index is 16.6. The van der Waals surface area contributed by atoms with E-state index in [4.69, 9.17) is 10.2 Å².